The number of hydrogen-bond acceptors (Lipinski definition) is 4. The Bertz CT molecular complexity index is 426. The van der Waals surface area contributed by atoms with E-state index >= 15 is 0 Å². The van der Waals surface area contributed by atoms with Crippen LogP contribution in [-0.2, 0) is 0 Å². The van der Waals surface area contributed by atoms with Crippen LogP contribution in [0.1, 0.15) is 37.8 Å². The van der Waals surface area contributed by atoms with Gasteiger partial charge in [0.05, 0.1) is 0 Å². The van der Waals surface area contributed by atoms with Crippen molar-refractivity contribution in [1.29, 1.82) is 0 Å². The van der Waals surface area contributed by atoms with Gasteiger partial charge in [-0.2, -0.15) is 0 Å². The molecule has 1 aromatic heterocycles. The van der Waals surface area contributed by atoms with Crippen LogP contribution in [0.3, 0.4) is 0 Å². The van der Waals surface area contributed by atoms with Crippen molar-refractivity contribution in [2.24, 2.45) is 5.41 Å². The maximum atomic E-state index is 4.57. The molecule has 0 aromatic carbocycles. The molecule has 104 valence electrons. The van der Waals surface area contributed by atoms with E-state index in [1.54, 1.807) is 0 Å². The van der Waals surface area contributed by atoms with Gasteiger partial charge >= 0.3 is 0 Å². The van der Waals surface area contributed by atoms with Crippen molar-refractivity contribution in [2.75, 3.05) is 31.1 Å². The lowest BCUT2D eigenvalue weighted by Gasteiger charge is -2.37. The summed E-state index contributed by atoms with van der Waals surface area (Å²) in [5, 5.41) is 3.49. The SMILES string of the molecule is Cc1ccnc(N2CCCC3(CCNCC3)CC2)n1. The minimum Gasteiger partial charge on any atom is -0.341 e. The first-order valence-corrected chi connectivity index (χ1v) is 7.53. The van der Waals surface area contributed by atoms with Crippen LogP contribution in [0, 0.1) is 12.3 Å². The molecule has 0 atom stereocenters. The fraction of sp³-hybridized carbons (Fsp3) is 0.733. The summed E-state index contributed by atoms with van der Waals surface area (Å²) in [5.41, 5.74) is 1.65. The van der Waals surface area contributed by atoms with Gasteiger partial charge in [-0.1, -0.05) is 0 Å². The van der Waals surface area contributed by atoms with Crippen LogP contribution in [0.2, 0.25) is 0 Å². The first kappa shape index (κ1) is 12.9. The van der Waals surface area contributed by atoms with Gasteiger partial charge < -0.3 is 10.2 Å². The number of rotatable bonds is 1. The van der Waals surface area contributed by atoms with E-state index in [-0.39, 0.29) is 0 Å². The average molecular weight is 260 g/mol. The molecule has 1 aromatic rings. The van der Waals surface area contributed by atoms with Gasteiger partial charge in [0.1, 0.15) is 0 Å². The van der Waals surface area contributed by atoms with Gasteiger partial charge in [0.2, 0.25) is 5.95 Å². The normalized spacial score (nSPS) is 23.3. The van der Waals surface area contributed by atoms with E-state index in [9.17, 15) is 0 Å². The largest absolute Gasteiger partial charge is 0.341 e. The van der Waals surface area contributed by atoms with Crippen LogP contribution < -0.4 is 10.2 Å². The standard InChI is InChI=1S/C15H24N4/c1-13-3-8-17-14(18-13)19-11-2-4-15(7-12-19)5-9-16-10-6-15/h3,8,16H,2,4-7,9-12H2,1H3. The molecule has 0 bridgehead atoms. The van der Waals surface area contributed by atoms with E-state index in [2.05, 4.69) is 20.2 Å². The summed E-state index contributed by atoms with van der Waals surface area (Å²) in [7, 11) is 0. The molecule has 0 radical (unpaired) electrons. The second-order valence-corrected chi connectivity index (χ2v) is 6.09. The molecule has 0 unspecified atom stereocenters. The molecule has 19 heavy (non-hydrogen) atoms. The van der Waals surface area contributed by atoms with Crippen LogP contribution in [0.25, 0.3) is 0 Å². The fourth-order valence-electron chi connectivity index (χ4n) is 3.50. The molecule has 0 amide bonds. The quantitative estimate of drug-likeness (QED) is 0.840. The lowest BCUT2D eigenvalue weighted by atomic mass is 9.73. The Kier molecular flexibility index (Phi) is 3.69. The summed E-state index contributed by atoms with van der Waals surface area (Å²) in [6.07, 6.45) is 8.51. The van der Waals surface area contributed by atoms with Crippen LogP contribution in [0.5, 0.6) is 0 Å². The predicted molar refractivity (Wildman–Crippen MR) is 77.4 cm³/mol. The molecule has 3 heterocycles. The van der Waals surface area contributed by atoms with Gasteiger partial charge in [-0.25, -0.2) is 9.97 Å². The monoisotopic (exact) mass is 260 g/mol. The van der Waals surface area contributed by atoms with Gasteiger partial charge in [-0.05, 0) is 63.6 Å². The first-order valence-electron chi connectivity index (χ1n) is 7.53. The molecular formula is C15H24N4. The molecule has 4 heteroatoms. The van der Waals surface area contributed by atoms with E-state index in [4.69, 9.17) is 0 Å². The van der Waals surface area contributed by atoms with E-state index in [1.165, 1.54) is 45.2 Å². The smallest absolute Gasteiger partial charge is 0.225 e. The van der Waals surface area contributed by atoms with Crippen molar-refractivity contribution >= 4 is 5.95 Å². The van der Waals surface area contributed by atoms with E-state index in [0.717, 1.165) is 24.7 Å². The van der Waals surface area contributed by atoms with Crippen molar-refractivity contribution in [3.05, 3.63) is 18.0 Å². The molecule has 2 fully saturated rings. The van der Waals surface area contributed by atoms with Crippen LogP contribution in [0.4, 0.5) is 5.95 Å². The first-order chi connectivity index (χ1) is 9.27. The van der Waals surface area contributed by atoms with Crippen molar-refractivity contribution < 1.29 is 0 Å². The Morgan fingerprint density at radius 2 is 2.00 bits per heavy atom. The van der Waals surface area contributed by atoms with Gasteiger partial charge in [0, 0.05) is 25.0 Å². The predicted octanol–water partition coefficient (Wildman–Crippen LogP) is 2.15. The number of hydrogen-bond donors (Lipinski definition) is 1. The molecule has 0 saturated carbocycles. The van der Waals surface area contributed by atoms with Crippen LogP contribution >= 0.6 is 0 Å². The number of nitrogens with one attached hydrogen (secondary N) is 1. The highest BCUT2D eigenvalue weighted by Crippen LogP contribution is 2.39. The maximum absolute atomic E-state index is 4.57. The minimum absolute atomic E-state index is 0.587. The van der Waals surface area contributed by atoms with Gasteiger partial charge in [-0.15, -0.1) is 0 Å². The average Bonchev–Trinajstić information content (AvgIpc) is 2.63. The number of piperidine rings is 1. The molecule has 2 aliphatic rings. The lowest BCUT2D eigenvalue weighted by Crippen LogP contribution is -2.37. The molecule has 1 N–H and O–H groups in total. The van der Waals surface area contributed by atoms with Crippen molar-refractivity contribution in [2.45, 2.75) is 39.0 Å². The third kappa shape index (κ3) is 2.89. The summed E-state index contributed by atoms with van der Waals surface area (Å²) < 4.78 is 0. The lowest BCUT2D eigenvalue weighted by molar-refractivity contribution is 0.178. The molecular weight excluding hydrogens is 236 g/mol. The summed E-state index contributed by atoms with van der Waals surface area (Å²) in [6.45, 7) is 6.65. The zero-order valence-corrected chi connectivity index (χ0v) is 11.9. The number of anilines is 1. The molecule has 1 spiro atoms. The minimum atomic E-state index is 0.587. The van der Waals surface area contributed by atoms with Crippen molar-refractivity contribution in [1.82, 2.24) is 15.3 Å². The van der Waals surface area contributed by atoms with Gasteiger partial charge in [-0.3, -0.25) is 0 Å². The summed E-state index contributed by atoms with van der Waals surface area (Å²) in [6, 6.07) is 1.97. The van der Waals surface area contributed by atoms with E-state index in [0.29, 0.717) is 5.41 Å². The topological polar surface area (TPSA) is 41.1 Å². The molecule has 2 aliphatic heterocycles. The van der Waals surface area contributed by atoms with Gasteiger partial charge in [0.25, 0.3) is 0 Å². The summed E-state index contributed by atoms with van der Waals surface area (Å²) in [5.74, 6) is 0.922. The Morgan fingerprint density at radius 3 is 2.79 bits per heavy atom. The number of aromatic nitrogens is 2. The fourth-order valence-corrected chi connectivity index (χ4v) is 3.50. The molecule has 2 saturated heterocycles. The third-order valence-corrected chi connectivity index (χ3v) is 4.78. The highest BCUT2D eigenvalue weighted by atomic mass is 15.2. The molecule has 3 rings (SSSR count). The highest BCUT2D eigenvalue weighted by molar-refractivity contribution is 5.30. The van der Waals surface area contributed by atoms with Crippen molar-refractivity contribution in [3.8, 4) is 0 Å². The maximum Gasteiger partial charge on any atom is 0.225 e. The number of aryl methyl sites for hydroxylation is 1. The zero-order valence-electron chi connectivity index (χ0n) is 11.9. The number of nitrogens with zero attached hydrogens (tertiary/aromatic N) is 3. The van der Waals surface area contributed by atoms with E-state index in [1.807, 2.05) is 19.2 Å². The second kappa shape index (κ2) is 5.45. The highest BCUT2D eigenvalue weighted by Gasteiger charge is 2.34. The summed E-state index contributed by atoms with van der Waals surface area (Å²) >= 11 is 0. The Hall–Kier alpha value is -1.16. The Balaban J connectivity index is 1.70. The molecule has 0 aliphatic carbocycles. The molecule has 4 nitrogen and oxygen atoms in total. The third-order valence-electron chi connectivity index (χ3n) is 4.78. The Labute approximate surface area is 115 Å². The van der Waals surface area contributed by atoms with Gasteiger partial charge in [0.15, 0.2) is 0 Å². The summed E-state index contributed by atoms with van der Waals surface area (Å²) in [4.78, 5) is 11.4. The van der Waals surface area contributed by atoms with Crippen LogP contribution in [-0.4, -0.2) is 36.1 Å². The Morgan fingerprint density at radius 1 is 1.16 bits per heavy atom. The van der Waals surface area contributed by atoms with Crippen molar-refractivity contribution in [3.63, 3.8) is 0 Å². The zero-order chi connectivity index (χ0) is 13.1. The van der Waals surface area contributed by atoms with Crippen LogP contribution in [0.15, 0.2) is 12.3 Å². The second-order valence-electron chi connectivity index (χ2n) is 6.09. The van der Waals surface area contributed by atoms with E-state index < -0.39 is 0 Å².